The van der Waals surface area contributed by atoms with E-state index in [1.807, 2.05) is 65.9 Å². The first-order valence-electron chi connectivity index (χ1n) is 11.3. The van der Waals surface area contributed by atoms with Crippen LogP contribution in [0.25, 0.3) is 16.2 Å². The molecule has 1 aromatic heterocycles. The molecular weight excluding hydrogens is 598 g/mol. The van der Waals surface area contributed by atoms with E-state index in [2.05, 4.69) is 65.4 Å². The average Bonchev–Trinajstić information content (AvgIpc) is 2.83. The van der Waals surface area contributed by atoms with E-state index in [-0.39, 0.29) is 50.8 Å². The van der Waals surface area contributed by atoms with Crippen molar-refractivity contribution in [1.82, 2.24) is 4.98 Å². The monoisotopic (exact) mass is 655 g/mol. The molecule has 3 nitrogen and oxygen atoms in total. The minimum Gasteiger partial charge on any atom is -0.659 e. The van der Waals surface area contributed by atoms with Gasteiger partial charge in [-0.25, -0.2) is 0 Å². The molecule has 0 atom stereocenters. The van der Waals surface area contributed by atoms with Crippen LogP contribution in [0.15, 0.2) is 60.8 Å². The molecule has 1 aliphatic rings. The minimum atomic E-state index is 0. The van der Waals surface area contributed by atoms with Crippen LogP contribution >= 0.6 is 0 Å². The van der Waals surface area contributed by atoms with Gasteiger partial charge in [0.2, 0.25) is 0 Å². The fourth-order valence-electron chi connectivity index (χ4n) is 2.92. The SMILES string of the molecule is C.C.C.C.CC.CC.CC.[CH2-]c1cccc(C)c1.[W+2].c1cc(N2CC[N-]CC2)c2cccnc2c1. The fraction of sp³-hybridized carbons (Fsp3) is 0.484. The van der Waals surface area contributed by atoms with Crippen LogP contribution in [0, 0.1) is 13.8 Å². The van der Waals surface area contributed by atoms with Crippen LogP contribution in [0.2, 0.25) is 0 Å². The van der Waals surface area contributed by atoms with E-state index < -0.39 is 0 Å². The number of nitrogens with zero attached hydrogens (tertiary/aromatic N) is 3. The second kappa shape index (κ2) is 30.2. The number of anilines is 1. The molecule has 0 N–H and O–H groups in total. The molecule has 4 rings (SSSR count). The van der Waals surface area contributed by atoms with Crippen molar-refractivity contribution in [1.29, 1.82) is 0 Å². The van der Waals surface area contributed by atoms with Gasteiger partial charge in [0.05, 0.1) is 5.52 Å². The number of hydrogen-bond acceptors (Lipinski definition) is 2. The van der Waals surface area contributed by atoms with Gasteiger partial charge in [0.15, 0.2) is 0 Å². The van der Waals surface area contributed by atoms with Gasteiger partial charge in [-0.2, -0.15) is 24.6 Å². The number of benzene rings is 2. The largest absolute Gasteiger partial charge is 2.00 e. The van der Waals surface area contributed by atoms with E-state index in [1.165, 1.54) is 16.6 Å². The Morgan fingerprint density at radius 3 is 1.80 bits per heavy atom. The summed E-state index contributed by atoms with van der Waals surface area (Å²) in [5.74, 6) is 0. The molecule has 2 heterocycles. The summed E-state index contributed by atoms with van der Waals surface area (Å²) in [6.07, 6.45) is 1.84. The molecule has 35 heavy (non-hydrogen) atoms. The molecule has 0 radical (unpaired) electrons. The van der Waals surface area contributed by atoms with E-state index in [1.54, 1.807) is 0 Å². The maximum absolute atomic E-state index is 4.39. The number of rotatable bonds is 1. The summed E-state index contributed by atoms with van der Waals surface area (Å²) in [5.41, 5.74) is 4.73. The summed E-state index contributed by atoms with van der Waals surface area (Å²) >= 11 is 0. The van der Waals surface area contributed by atoms with Gasteiger partial charge in [-0.3, -0.25) is 4.98 Å². The molecule has 0 bridgehead atoms. The van der Waals surface area contributed by atoms with Gasteiger partial charge in [0.1, 0.15) is 0 Å². The average molecular weight is 656 g/mol. The first kappa shape index (κ1) is 46.5. The molecular formula is C31H57N3W. The number of aromatic nitrogens is 1. The zero-order chi connectivity index (χ0) is 22.8. The van der Waals surface area contributed by atoms with Crippen molar-refractivity contribution in [2.75, 3.05) is 31.1 Å². The first-order chi connectivity index (χ1) is 14.7. The van der Waals surface area contributed by atoms with Gasteiger partial charge in [-0.1, -0.05) is 90.3 Å². The molecule has 3 aromatic rings. The van der Waals surface area contributed by atoms with E-state index in [4.69, 9.17) is 0 Å². The topological polar surface area (TPSA) is 30.2 Å². The Morgan fingerprint density at radius 1 is 0.771 bits per heavy atom. The zero-order valence-electron chi connectivity index (χ0n) is 20.6. The fourth-order valence-corrected chi connectivity index (χ4v) is 2.92. The molecule has 0 unspecified atom stereocenters. The molecule has 4 heteroatoms. The van der Waals surface area contributed by atoms with Gasteiger partial charge in [0, 0.05) is 17.3 Å². The number of aryl methyl sites for hydroxylation is 1. The van der Waals surface area contributed by atoms with Crippen molar-refractivity contribution < 1.29 is 21.1 Å². The predicted octanol–water partition coefficient (Wildman–Crippen LogP) is 10.2. The predicted molar refractivity (Wildman–Crippen MR) is 164 cm³/mol. The number of fused-ring (bicyclic) bond motifs is 1. The van der Waals surface area contributed by atoms with Crippen molar-refractivity contribution in [2.45, 2.75) is 78.2 Å². The van der Waals surface area contributed by atoms with Crippen LogP contribution in [0.4, 0.5) is 5.69 Å². The number of pyridine rings is 1. The van der Waals surface area contributed by atoms with Crippen LogP contribution in [-0.2, 0) is 21.1 Å². The Bertz CT molecular complexity index is 777. The normalized spacial score (nSPS) is 10.2. The molecule has 0 aliphatic carbocycles. The third-order valence-corrected chi connectivity index (χ3v) is 4.10. The second-order valence-electron chi connectivity index (χ2n) is 5.99. The molecule has 202 valence electrons. The molecule has 2 aromatic carbocycles. The molecule has 0 saturated carbocycles. The number of piperazine rings is 1. The Morgan fingerprint density at radius 2 is 1.31 bits per heavy atom. The summed E-state index contributed by atoms with van der Waals surface area (Å²) in [6.45, 7) is 21.8. The second-order valence-corrected chi connectivity index (χ2v) is 5.99. The zero-order valence-corrected chi connectivity index (χ0v) is 23.5. The maximum atomic E-state index is 4.39. The van der Waals surface area contributed by atoms with Gasteiger partial charge in [-0.05, 0) is 37.4 Å². The van der Waals surface area contributed by atoms with Crippen LogP contribution < -0.4 is 4.90 Å². The Labute approximate surface area is 235 Å². The van der Waals surface area contributed by atoms with Crippen molar-refractivity contribution in [2.24, 2.45) is 0 Å². The van der Waals surface area contributed by atoms with E-state index in [9.17, 15) is 0 Å². The van der Waals surface area contributed by atoms with Crippen molar-refractivity contribution in [3.8, 4) is 0 Å². The summed E-state index contributed by atoms with van der Waals surface area (Å²) < 4.78 is 0. The summed E-state index contributed by atoms with van der Waals surface area (Å²) in [5, 5.41) is 5.62. The van der Waals surface area contributed by atoms with Crippen LogP contribution in [0.5, 0.6) is 0 Å². The van der Waals surface area contributed by atoms with E-state index in [0.717, 1.165) is 37.3 Å². The Balaban J connectivity index is -0.0000000968. The number of hydrogen-bond donors (Lipinski definition) is 0. The van der Waals surface area contributed by atoms with Gasteiger partial charge >= 0.3 is 21.1 Å². The molecule has 1 saturated heterocycles. The van der Waals surface area contributed by atoms with Crippen LogP contribution in [0.1, 0.15) is 82.4 Å². The summed E-state index contributed by atoms with van der Waals surface area (Å²) in [7, 11) is 0. The van der Waals surface area contributed by atoms with E-state index >= 15 is 0 Å². The van der Waals surface area contributed by atoms with Crippen LogP contribution in [0.3, 0.4) is 0 Å². The van der Waals surface area contributed by atoms with Crippen molar-refractivity contribution in [3.05, 3.63) is 84.2 Å². The van der Waals surface area contributed by atoms with Crippen molar-refractivity contribution >= 4 is 16.6 Å². The third-order valence-electron chi connectivity index (χ3n) is 4.10. The minimum absolute atomic E-state index is 0. The maximum Gasteiger partial charge on any atom is 2.00 e. The molecule has 0 amide bonds. The molecule has 1 aliphatic heterocycles. The van der Waals surface area contributed by atoms with Gasteiger partial charge in [0.25, 0.3) is 0 Å². The summed E-state index contributed by atoms with van der Waals surface area (Å²) in [6, 6.07) is 18.6. The Hall–Kier alpha value is -1.83. The van der Waals surface area contributed by atoms with E-state index in [0.29, 0.717) is 0 Å². The Kier molecular flexibility index (Phi) is 40.1. The standard InChI is InChI=1S/C13H14N3.C8H9.3C2H6.4CH4.W/c1-4-12-11(3-2-6-15-12)13(5-1)16-9-7-14-8-10-16;1-7-4-3-5-8(2)6-7;3*1-2;;;;;/h1-6H,7-10H2;3-6H,1H2,2H3;3*1-2H3;4*1H4;/q2*-1;;;;;;;;+2. The quantitative estimate of drug-likeness (QED) is 0.244. The molecule has 1 fully saturated rings. The van der Waals surface area contributed by atoms with Gasteiger partial charge in [-0.15, -0.1) is 24.7 Å². The smallest absolute Gasteiger partial charge is 0.659 e. The first-order valence-corrected chi connectivity index (χ1v) is 11.3. The third kappa shape index (κ3) is 17.3. The molecule has 0 spiro atoms. The van der Waals surface area contributed by atoms with Gasteiger partial charge < -0.3 is 10.2 Å². The summed E-state index contributed by atoms with van der Waals surface area (Å²) in [4.78, 5) is 6.79. The van der Waals surface area contributed by atoms with Crippen LogP contribution in [-0.4, -0.2) is 31.2 Å². The van der Waals surface area contributed by atoms with Crippen molar-refractivity contribution in [3.63, 3.8) is 0 Å².